The summed E-state index contributed by atoms with van der Waals surface area (Å²) >= 11 is 1.57. The van der Waals surface area contributed by atoms with E-state index in [0.29, 0.717) is 0 Å². The molecule has 0 radical (unpaired) electrons. The number of thiophene rings is 1. The Morgan fingerprint density at radius 3 is 2.76 bits per heavy atom. The summed E-state index contributed by atoms with van der Waals surface area (Å²) in [6, 6.07) is 3.73. The van der Waals surface area contributed by atoms with Crippen LogP contribution in [0.3, 0.4) is 0 Å². The van der Waals surface area contributed by atoms with Crippen molar-refractivity contribution in [2.75, 3.05) is 31.1 Å². The Hall–Kier alpha value is -1.95. The fourth-order valence-electron chi connectivity index (χ4n) is 3.29. The highest BCUT2D eigenvalue weighted by Gasteiger charge is 2.49. The predicted octanol–water partition coefficient (Wildman–Crippen LogP) is 1.89. The molecule has 5 nitrogen and oxygen atoms in total. The Balaban J connectivity index is 1.40. The highest BCUT2D eigenvalue weighted by atomic mass is 32.1. The molecule has 2 fully saturated rings. The van der Waals surface area contributed by atoms with Gasteiger partial charge in [0.15, 0.2) is 0 Å². The van der Waals surface area contributed by atoms with E-state index < -0.39 is 0 Å². The summed E-state index contributed by atoms with van der Waals surface area (Å²) in [5.74, 6) is 0.966. The van der Waals surface area contributed by atoms with Gasteiger partial charge in [0.05, 0.1) is 5.56 Å². The highest BCUT2D eigenvalue weighted by Crippen LogP contribution is 2.41. The monoisotopic (exact) mass is 300 g/mol. The number of carbonyl (C=O) groups is 1. The van der Waals surface area contributed by atoms with Crippen LogP contribution >= 0.6 is 11.3 Å². The minimum Gasteiger partial charge on any atom is -0.340 e. The smallest absolute Gasteiger partial charge is 0.254 e. The summed E-state index contributed by atoms with van der Waals surface area (Å²) in [6.45, 7) is 3.63. The average Bonchev–Trinajstić information content (AvgIpc) is 3.15. The lowest BCUT2D eigenvalue weighted by Crippen LogP contribution is -2.59. The summed E-state index contributed by atoms with van der Waals surface area (Å²) in [5, 5.41) is 3.87. The third-order valence-electron chi connectivity index (χ3n) is 4.38. The lowest BCUT2D eigenvalue weighted by atomic mass is 9.79. The summed E-state index contributed by atoms with van der Waals surface area (Å²) in [5.41, 5.74) is 1.06. The zero-order chi connectivity index (χ0) is 14.3. The van der Waals surface area contributed by atoms with Crippen LogP contribution in [0.5, 0.6) is 0 Å². The second-order valence-electron chi connectivity index (χ2n) is 5.89. The van der Waals surface area contributed by atoms with Crippen LogP contribution in [0.1, 0.15) is 16.8 Å². The van der Waals surface area contributed by atoms with Crippen LogP contribution in [-0.2, 0) is 0 Å². The third kappa shape index (κ3) is 2.19. The van der Waals surface area contributed by atoms with Crippen molar-refractivity contribution in [1.29, 1.82) is 0 Å². The number of anilines is 1. The maximum atomic E-state index is 12.3. The number of hydrogen-bond acceptors (Lipinski definition) is 5. The number of nitrogens with zero attached hydrogens (tertiary/aromatic N) is 4. The lowest BCUT2D eigenvalue weighted by Gasteiger charge is -2.47. The van der Waals surface area contributed by atoms with Crippen molar-refractivity contribution in [2.45, 2.75) is 6.42 Å². The van der Waals surface area contributed by atoms with E-state index in [9.17, 15) is 4.79 Å². The molecule has 108 valence electrons. The molecule has 0 unspecified atom stereocenters. The number of amides is 1. The first-order valence-corrected chi connectivity index (χ1v) is 8.04. The van der Waals surface area contributed by atoms with Crippen molar-refractivity contribution >= 4 is 23.2 Å². The molecule has 4 heterocycles. The molecule has 1 spiro atoms. The van der Waals surface area contributed by atoms with Gasteiger partial charge in [-0.2, -0.15) is 11.3 Å². The van der Waals surface area contributed by atoms with Crippen LogP contribution in [-0.4, -0.2) is 47.0 Å². The van der Waals surface area contributed by atoms with E-state index >= 15 is 0 Å². The fraction of sp³-hybridized carbons (Fsp3) is 0.400. The maximum absolute atomic E-state index is 12.3. The molecule has 4 rings (SSSR count). The topological polar surface area (TPSA) is 49.3 Å². The van der Waals surface area contributed by atoms with Crippen molar-refractivity contribution in [1.82, 2.24) is 14.9 Å². The molecule has 0 saturated carbocycles. The first-order valence-electron chi connectivity index (χ1n) is 7.09. The molecule has 1 amide bonds. The predicted molar refractivity (Wildman–Crippen MR) is 81.5 cm³/mol. The molecule has 0 aromatic carbocycles. The molecule has 0 atom stereocenters. The largest absolute Gasteiger partial charge is 0.340 e. The lowest BCUT2D eigenvalue weighted by molar-refractivity contribution is 0.0167. The molecule has 2 aromatic rings. The summed E-state index contributed by atoms with van der Waals surface area (Å²) < 4.78 is 0. The third-order valence-corrected chi connectivity index (χ3v) is 5.06. The number of rotatable bonds is 2. The summed E-state index contributed by atoms with van der Waals surface area (Å²) in [6.07, 6.45) is 4.67. The maximum Gasteiger partial charge on any atom is 0.254 e. The summed E-state index contributed by atoms with van der Waals surface area (Å²) in [7, 11) is 0. The zero-order valence-corrected chi connectivity index (χ0v) is 12.4. The van der Waals surface area contributed by atoms with Crippen LogP contribution in [0.15, 0.2) is 35.3 Å². The Kier molecular flexibility index (Phi) is 2.92. The van der Waals surface area contributed by atoms with Gasteiger partial charge in [0.2, 0.25) is 5.95 Å². The molecule has 2 aromatic heterocycles. The molecular weight excluding hydrogens is 284 g/mol. The SMILES string of the molecule is O=C(c1ccsc1)N1CC2(CCN(c3ncccn3)C2)C1. The minimum absolute atomic E-state index is 0.163. The second kappa shape index (κ2) is 4.80. The van der Waals surface area contributed by atoms with Crippen LogP contribution < -0.4 is 4.90 Å². The van der Waals surface area contributed by atoms with E-state index in [2.05, 4.69) is 14.9 Å². The second-order valence-corrected chi connectivity index (χ2v) is 6.67. The first-order chi connectivity index (χ1) is 10.3. The highest BCUT2D eigenvalue weighted by molar-refractivity contribution is 7.08. The number of hydrogen-bond donors (Lipinski definition) is 0. The van der Waals surface area contributed by atoms with Gasteiger partial charge in [-0.15, -0.1) is 0 Å². The van der Waals surface area contributed by atoms with Gasteiger partial charge >= 0.3 is 0 Å². The van der Waals surface area contributed by atoms with Crippen LogP contribution in [0.4, 0.5) is 5.95 Å². The standard InChI is InChI=1S/C15H16N4OS/c20-13(12-2-7-21-8-12)19-10-15(11-19)3-6-18(9-15)14-16-4-1-5-17-14/h1-2,4-5,7-8H,3,6,9-11H2. The molecule has 6 heteroatoms. The summed E-state index contributed by atoms with van der Waals surface area (Å²) in [4.78, 5) is 25.1. The zero-order valence-electron chi connectivity index (χ0n) is 11.6. The Morgan fingerprint density at radius 2 is 2.05 bits per heavy atom. The van der Waals surface area contributed by atoms with Gasteiger partial charge in [0.25, 0.3) is 5.91 Å². The van der Waals surface area contributed by atoms with Gasteiger partial charge in [0, 0.05) is 49.4 Å². The van der Waals surface area contributed by atoms with Crippen molar-refractivity contribution in [3.05, 3.63) is 40.8 Å². The normalized spacial score (nSPS) is 19.8. The molecule has 21 heavy (non-hydrogen) atoms. The van der Waals surface area contributed by atoms with Gasteiger partial charge in [0.1, 0.15) is 0 Å². The molecule has 0 bridgehead atoms. The number of likely N-dealkylation sites (tertiary alicyclic amines) is 1. The van der Waals surface area contributed by atoms with E-state index in [0.717, 1.165) is 44.1 Å². The van der Waals surface area contributed by atoms with Crippen molar-refractivity contribution in [3.63, 3.8) is 0 Å². The first kappa shape index (κ1) is 12.8. The quantitative estimate of drug-likeness (QED) is 0.850. The van der Waals surface area contributed by atoms with Gasteiger partial charge in [-0.3, -0.25) is 4.79 Å². The Morgan fingerprint density at radius 1 is 1.24 bits per heavy atom. The molecule has 0 aliphatic carbocycles. The Bertz CT molecular complexity index is 637. The van der Waals surface area contributed by atoms with E-state index in [1.807, 2.05) is 27.8 Å². The van der Waals surface area contributed by atoms with E-state index in [4.69, 9.17) is 0 Å². The van der Waals surface area contributed by atoms with Crippen LogP contribution in [0.25, 0.3) is 0 Å². The van der Waals surface area contributed by atoms with Crippen molar-refractivity contribution in [2.24, 2.45) is 5.41 Å². The number of carbonyl (C=O) groups excluding carboxylic acids is 1. The van der Waals surface area contributed by atoms with E-state index in [1.165, 1.54) is 0 Å². The Labute approximate surface area is 127 Å². The van der Waals surface area contributed by atoms with Gasteiger partial charge in [-0.1, -0.05) is 0 Å². The van der Waals surface area contributed by atoms with Gasteiger partial charge in [-0.05, 0) is 23.9 Å². The molecule has 0 N–H and O–H groups in total. The van der Waals surface area contributed by atoms with E-state index in [1.54, 1.807) is 23.7 Å². The van der Waals surface area contributed by atoms with Crippen LogP contribution in [0, 0.1) is 5.41 Å². The molecule has 2 aliphatic rings. The van der Waals surface area contributed by atoms with Gasteiger partial charge in [-0.25, -0.2) is 9.97 Å². The van der Waals surface area contributed by atoms with Crippen molar-refractivity contribution in [3.8, 4) is 0 Å². The van der Waals surface area contributed by atoms with Crippen LogP contribution in [0.2, 0.25) is 0 Å². The van der Waals surface area contributed by atoms with Gasteiger partial charge < -0.3 is 9.80 Å². The molecule has 2 aliphatic heterocycles. The molecular formula is C15H16N4OS. The van der Waals surface area contributed by atoms with Crippen molar-refractivity contribution < 1.29 is 4.79 Å². The molecule has 2 saturated heterocycles. The number of aromatic nitrogens is 2. The van der Waals surface area contributed by atoms with E-state index in [-0.39, 0.29) is 11.3 Å². The minimum atomic E-state index is 0.163. The fourth-order valence-corrected chi connectivity index (χ4v) is 3.92. The average molecular weight is 300 g/mol.